The summed E-state index contributed by atoms with van der Waals surface area (Å²) in [5.74, 6) is 0.638. The summed E-state index contributed by atoms with van der Waals surface area (Å²) in [7, 11) is 0. The van der Waals surface area contributed by atoms with Gasteiger partial charge in [0.25, 0.3) is 0 Å². The number of hydrogen-bond donors (Lipinski definition) is 1. The first-order valence-electron chi connectivity index (χ1n) is 6.62. The second kappa shape index (κ2) is 5.41. The van der Waals surface area contributed by atoms with E-state index in [-0.39, 0.29) is 5.54 Å². The second-order valence-electron chi connectivity index (χ2n) is 5.46. The maximum absolute atomic E-state index is 6.28. The van der Waals surface area contributed by atoms with E-state index in [4.69, 9.17) is 11.6 Å². The molecule has 1 fully saturated rings. The van der Waals surface area contributed by atoms with Crippen LogP contribution in [-0.2, 0) is 6.42 Å². The van der Waals surface area contributed by atoms with Crippen molar-refractivity contribution in [1.82, 2.24) is 5.32 Å². The molecule has 1 heterocycles. The van der Waals surface area contributed by atoms with Gasteiger partial charge in [-0.25, -0.2) is 0 Å². The molecule has 94 valence electrons. The molecule has 1 aromatic carbocycles. The van der Waals surface area contributed by atoms with Crippen molar-refractivity contribution in [3.05, 3.63) is 34.9 Å². The van der Waals surface area contributed by atoms with Crippen LogP contribution in [0.1, 0.15) is 38.7 Å². The van der Waals surface area contributed by atoms with Crippen LogP contribution in [0.3, 0.4) is 0 Å². The molecule has 0 radical (unpaired) electrons. The summed E-state index contributed by atoms with van der Waals surface area (Å²) in [5.41, 5.74) is 1.51. The first-order valence-corrected chi connectivity index (χ1v) is 7.00. The molecule has 17 heavy (non-hydrogen) atoms. The Balaban J connectivity index is 2.21. The summed E-state index contributed by atoms with van der Waals surface area (Å²) in [5, 5.41) is 4.65. The molecule has 1 saturated heterocycles. The highest BCUT2D eigenvalue weighted by Crippen LogP contribution is 2.32. The van der Waals surface area contributed by atoms with Crippen LogP contribution in [-0.4, -0.2) is 12.1 Å². The van der Waals surface area contributed by atoms with Crippen molar-refractivity contribution >= 4 is 11.6 Å². The monoisotopic (exact) mass is 251 g/mol. The highest BCUT2D eigenvalue weighted by Gasteiger charge is 2.35. The first-order chi connectivity index (χ1) is 8.14. The van der Waals surface area contributed by atoms with Crippen molar-refractivity contribution < 1.29 is 0 Å². The molecule has 1 nitrogen and oxygen atoms in total. The number of benzene rings is 1. The van der Waals surface area contributed by atoms with Crippen molar-refractivity contribution in [1.29, 1.82) is 0 Å². The molecule has 0 aliphatic carbocycles. The van der Waals surface area contributed by atoms with Gasteiger partial charge in [0.15, 0.2) is 0 Å². The third-order valence-electron chi connectivity index (χ3n) is 4.10. The van der Waals surface area contributed by atoms with Gasteiger partial charge < -0.3 is 5.32 Å². The van der Waals surface area contributed by atoms with Crippen molar-refractivity contribution in [2.24, 2.45) is 5.92 Å². The molecule has 0 amide bonds. The topological polar surface area (TPSA) is 12.0 Å². The van der Waals surface area contributed by atoms with Crippen LogP contribution in [0.2, 0.25) is 5.02 Å². The maximum Gasteiger partial charge on any atom is 0.0438 e. The Hall–Kier alpha value is -0.530. The largest absolute Gasteiger partial charge is 0.311 e. The van der Waals surface area contributed by atoms with Crippen LogP contribution < -0.4 is 5.32 Å². The first kappa shape index (κ1) is 12.9. The van der Waals surface area contributed by atoms with Crippen LogP contribution in [0, 0.1) is 5.92 Å². The zero-order chi connectivity index (χ0) is 12.3. The Labute approximate surface area is 110 Å². The van der Waals surface area contributed by atoms with Gasteiger partial charge in [0.2, 0.25) is 0 Å². The van der Waals surface area contributed by atoms with Crippen molar-refractivity contribution in [3.63, 3.8) is 0 Å². The molecule has 1 aromatic rings. The number of rotatable bonds is 3. The molecular formula is C15H22ClN. The maximum atomic E-state index is 6.28. The fourth-order valence-corrected chi connectivity index (χ4v) is 3.02. The van der Waals surface area contributed by atoms with E-state index in [0.717, 1.165) is 18.0 Å². The molecule has 1 unspecified atom stereocenters. The van der Waals surface area contributed by atoms with Gasteiger partial charge in [0.05, 0.1) is 0 Å². The molecule has 1 N–H and O–H groups in total. The Bertz CT molecular complexity index is 367. The van der Waals surface area contributed by atoms with E-state index in [1.54, 1.807) is 0 Å². The molecule has 0 aromatic heterocycles. The summed E-state index contributed by atoms with van der Waals surface area (Å²) in [6.45, 7) is 5.77. The molecule has 1 aliphatic heterocycles. The Morgan fingerprint density at radius 3 is 2.65 bits per heavy atom. The van der Waals surface area contributed by atoms with E-state index in [9.17, 15) is 0 Å². The van der Waals surface area contributed by atoms with E-state index in [2.05, 4.69) is 31.3 Å². The number of nitrogens with one attached hydrogen (secondary N) is 1. The Morgan fingerprint density at radius 2 is 2.06 bits per heavy atom. The SMILES string of the molecule is CC(C)C1(Cc2ccccc2Cl)CCCCN1. The third kappa shape index (κ3) is 2.83. The van der Waals surface area contributed by atoms with Crippen LogP contribution in [0.25, 0.3) is 0 Å². The lowest BCUT2D eigenvalue weighted by atomic mass is 9.75. The lowest BCUT2D eigenvalue weighted by Crippen LogP contribution is -2.54. The van der Waals surface area contributed by atoms with E-state index in [1.807, 2.05) is 12.1 Å². The zero-order valence-electron chi connectivity index (χ0n) is 10.8. The van der Waals surface area contributed by atoms with Crippen molar-refractivity contribution in [3.8, 4) is 0 Å². The van der Waals surface area contributed by atoms with Gasteiger partial charge in [-0.15, -0.1) is 0 Å². The minimum atomic E-state index is 0.239. The normalized spacial score (nSPS) is 25.2. The molecule has 1 aliphatic rings. The molecule has 0 saturated carbocycles. The fraction of sp³-hybridized carbons (Fsp3) is 0.600. The van der Waals surface area contributed by atoms with Crippen LogP contribution in [0.15, 0.2) is 24.3 Å². The lowest BCUT2D eigenvalue weighted by Gasteiger charge is -2.42. The molecular weight excluding hydrogens is 230 g/mol. The summed E-state index contributed by atoms with van der Waals surface area (Å²) < 4.78 is 0. The van der Waals surface area contributed by atoms with Gasteiger partial charge in [0.1, 0.15) is 0 Å². The highest BCUT2D eigenvalue weighted by atomic mass is 35.5. The molecule has 2 rings (SSSR count). The Kier molecular flexibility index (Phi) is 4.11. The zero-order valence-corrected chi connectivity index (χ0v) is 11.6. The number of hydrogen-bond acceptors (Lipinski definition) is 1. The summed E-state index contributed by atoms with van der Waals surface area (Å²) in [4.78, 5) is 0. The smallest absolute Gasteiger partial charge is 0.0438 e. The Morgan fingerprint density at radius 1 is 1.29 bits per heavy atom. The van der Waals surface area contributed by atoms with E-state index in [0.29, 0.717) is 5.92 Å². The summed E-state index contributed by atoms with van der Waals surface area (Å²) in [6, 6.07) is 8.23. The fourth-order valence-electron chi connectivity index (χ4n) is 2.82. The molecule has 0 spiro atoms. The van der Waals surface area contributed by atoms with E-state index < -0.39 is 0 Å². The highest BCUT2D eigenvalue weighted by molar-refractivity contribution is 6.31. The van der Waals surface area contributed by atoms with Gasteiger partial charge >= 0.3 is 0 Å². The third-order valence-corrected chi connectivity index (χ3v) is 4.46. The minimum Gasteiger partial charge on any atom is -0.311 e. The second-order valence-corrected chi connectivity index (χ2v) is 5.87. The molecule has 2 heteroatoms. The predicted octanol–water partition coefficient (Wildman–Crippen LogP) is 4.05. The standard InChI is InChI=1S/C15H22ClN/c1-12(2)15(9-5-6-10-17-15)11-13-7-3-4-8-14(13)16/h3-4,7-8,12,17H,5-6,9-11H2,1-2H3. The van der Waals surface area contributed by atoms with Crippen LogP contribution in [0.4, 0.5) is 0 Å². The van der Waals surface area contributed by atoms with Gasteiger partial charge in [0, 0.05) is 10.6 Å². The minimum absolute atomic E-state index is 0.239. The van der Waals surface area contributed by atoms with E-state index in [1.165, 1.54) is 24.8 Å². The predicted molar refractivity (Wildman–Crippen MR) is 74.6 cm³/mol. The lowest BCUT2D eigenvalue weighted by molar-refractivity contribution is 0.182. The number of piperidine rings is 1. The van der Waals surface area contributed by atoms with E-state index >= 15 is 0 Å². The van der Waals surface area contributed by atoms with Crippen LogP contribution >= 0.6 is 11.6 Å². The average molecular weight is 252 g/mol. The van der Waals surface area contributed by atoms with Crippen molar-refractivity contribution in [2.75, 3.05) is 6.54 Å². The summed E-state index contributed by atoms with van der Waals surface area (Å²) >= 11 is 6.28. The van der Waals surface area contributed by atoms with Crippen molar-refractivity contribution in [2.45, 2.75) is 45.1 Å². The molecule has 1 atom stereocenters. The summed E-state index contributed by atoms with van der Waals surface area (Å²) in [6.07, 6.45) is 4.94. The molecule has 0 bridgehead atoms. The van der Waals surface area contributed by atoms with Gasteiger partial charge in [-0.1, -0.05) is 50.1 Å². The average Bonchev–Trinajstić information content (AvgIpc) is 2.33. The van der Waals surface area contributed by atoms with Gasteiger partial charge in [-0.3, -0.25) is 0 Å². The van der Waals surface area contributed by atoms with Gasteiger partial charge in [-0.2, -0.15) is 0 Å². The number of halogens is 1. The quantitative estimate of drug-likeness (QED) is 0.855. The van der Waals surface area contributed by atoms with Gasteiger partial charge in [-0.05, 0) is 43.4 Å². The van der Waals surface area contributed by atoms with Crippen LogP contribution in [0.5, 0.6) is 0 Å².